The van der Waals surface area contributed by atoms with Gasteiger partial charge in [-0.25, -0.2) is 9.67 Å². The first-order valence-electron chi connectivity index (χ1n) is 7.24. The molecule has 0 saturated carbocycles. The van der Waals surface area contributed by atoms with Crippen LogP contribution in [0.2, 0.25) is 0 Å². The Bertz CT molecular complexity index is 590. The molecule has 1 atom stereocenters. The third kappa shape index (κ3) is 3.66. The number of piperidine rings is 1. The molecule has 2 aromatic rings. The smallest absolute Gasteiger partial charge is 0.228 e. The van der Waals surface area contributed by atoms with E-state index < -0.39 is 0 Å². The average Bonchev–Trinajstić information content (AvgIpc) is 3.01. The summed E-state index contributed by atoms with van der Waals surface area (Å²) < 4.78 is 1.76. The fraction of sp³-hybridized carbons (Fsp3) is 0.400. The molecule has 0 radical (unpaired) electrons. The molecule has 21 heavy (non-hydrogen) atoms. The minimum atomic E-state index is 0.0673. The van der Waals surface area contributed by atoms with Crippen molar-refractivity contribution in [3.63, 3.8) is 0 Å². The van der Waals surface area contributed by atoms with Gasteiger partial charge in [-0.1, -0.05) is 12.1 Å². The van der Waals surface area contributed by atoms with Gasteiger partial charge < -0.3 is 10.6 Å². The molecule has 1 saturated heterocycles. The highest BCUT2D eigenvalue weighted by atomic mass is 16.1. The summed E-state index contributed by atoms with van der Waals surface area (Å²) >= 11 is 0. The number of hydrogen-bond donors (Lipinski definition) is 2. The maximum atomic E-state index is 12.2. The largest absolute Gasteiger partial charge is 0.326 e. The number of benzene rings is 1. The Morgan fingerprint density at radius 2 is 2.43 bits per heavy atom. The molecule has 2 N–H and O–H groups in total. The van der Waals surface area contributed by atoms with Crippen LogP contribution in [0.1, 0.15) is 18.4 Å². The van der Waals surface area contributed by atoms with Crippen LogP contribution >= 0.6 is 0 Å². The Hall–Kier alpha value is -2.21. The van der Waals surface area contributed by atoms with Gasteiger partial charge in [-0.3, -0.25) is 4.79 Å². The summed E-state index contributed by atoms with van der Waals surface area (Å²) in [6.07, 6.45) is 5.21. The minimum Gasteiger partial charge on any atom is -0.326 e. The van der Waals surface area contributed by atoms with Gasteiger partial charge in [0.1, 0.15) is 12.7 Å². The highest BCUT2D eigenvalue weighted by molar-refractivity contribution is 5.92. The number of nitrogens with one attached hydrogen (secondary N) is 2. The normalized spacial score (nSPS) is 18.4. The first-order chi connectivity index (χ1) is 10.3. The maximum Gasteiger partial charge on any atom is 0.228 e. The molecular weight excluding hydrogens is 266 g/mol. The molecule has 0 aliphatic carbocycles. The summed E-state index contributed by atoms with van der Waals surface area (Å²) in [6.45, 7) is 2.43. The van der Waals surface area contributed by atoms with Gasteiger partial charge in [-0.05, 0) is 37.1 Å². The Kier molecular flexibility index (Phi) is 4.25. The van der Waals surface area contributed by atoms with Crippen LogP contribution in [0.25, 0.3) is 0 Å². The third-order valence-corrected chi connectivity index (χ3v) is 3.67. The Labute approximate surface area is 123 Å². The van der Waals surface area contributed by atoms with E-state index in [1.54, 1.807) is 11.0 Å². The van der Waals surface area contributed by atoms with Crippen molar-refractivity contribution in [3.05, 3.63) is 42.5 Å². The lowest BCUT2D eigenvalue weighted by atomic mass is 9.99. The molecule has 2 heterocycles. The van der Waals surface area contributed by atoms with Crippen molar-refractivity contribution in [2.24, 2.45) is 5.92 Å². The van der Waals surface area contributed by atoms with Crippen LogP contribution in [-0.4, -0.2) is 33.8 Å². The van der Waals surface area contributed by atoms with E-state index in [1.165, 1.54) is 6.33 Å². The molecule has 3 rings (SSSR count). The van der Waals surface area contributed by atoms with Crippen molar-refractivity contribution in [1.82, 2.24) is 20.1 Å². The molecule has 0 spiro atoms. The van der Waals surface area contributed by atoms with Crippen molar-refractivity contribution in [3.8, 4) is 0 Å². The number of amides is 1. The topological polar surface area (TPSA) is 71.8 Å². The lowest BCUT2D eigenvalue weighted by Gasteiger charge is -2.22. The summed E-state index contributed by atoms with van der Waals surface area (Å²) in [6, 6.07) is 7.86. The number of carbonyl (C=O) groups excluding carboxylic acids is 1. The van der Waals surface area contributed by atoms with E-state index in [0.29, 0.717) is 6.54 Å². The molecule has 1 fully saturated rings. The molecule has 1 aromatic heterocycles. The van der Waals surface area contributed by atoms with Gasteiger partial charge >= 0.3 is 0 Å². The van der Waals surface area contributed by atoms with Crippen LogP contribution in [-0.2, 0) is 11.3 Å². The van der Waals surface area contributed by atoms with Crippen molar-refractivity contribution in [2.45, 2.75) is 19.4 Å². The number of rotatable bonds is 4. The van der Waals surface area contributed by atoms with Crippen LogP contribution < -0.4 is 10.6 Å². The van der Waals surface area contributed by atoms with E-state index in [9.17, 15) is 4.79 Å². The molecular formula is C15H19N5O. The summed E-state index contributed by atoms with van der Waals surface area (Å²) in [5.41, 5.74) is 1.92. The second-order valence-electron chi connectivity index (χ2n) is 5.33. The predicted molar refractivity (Wildman–Crippen MR) is 79.8 cm³/mol. The highest BCUT2D eigenvalue weighted by Crippen LogP contribution is 2.16. The fourth-order valence-corrected chi connectivity index (χ4v) is 2.57. The third-order valence-electron chi connectivity index (χ3n) is 3.67. The van der Waals surface area contributed by atoms with Gasteiger partial charge in [0.05, 0.1) is 12.5 Å². The molecule has 1 aliphatic heterocycles. The van der Waals surface area contributed by atoms with Gasteiger partial charge in [0.25, 0.3) is 0 Å². The number of aromatic nitrogens is 3. The van der Waals surface area contributed by atoms with E-state index >= 15 is 0 Å². The quantitative estimate of drug-likeness (QED) is 0.887. The van der Waals surface area contributed by atoms with Crippen molar-refractivity contribution in [2.75, 3.05) is 18.4 Å². The van der Waals surface area contributed by atoms with E-state index in [2.05, 4.69) is 20.7 Å². The van der Waals surface area contributed by atoms with Gasteiger partial charge in [0.15, 0.2) is 0 Å². The zero-order valence-electron chi connectivity index (χ0n) is 11.8. The van der Waals surface area contributed by atoms with Crippen molar-refractivity contribution < 1.29 is 4.79 Å². The molecule has 6 heteroatoms. The first kappa shape index (κ1) is 13.8. The van der Waals surface area contributed by atoms with Crippen LogP contribution in [0.15, 0.2) is 36.9 Å². The Morgan fingerprint density at radius 1 is 1.48 bits per heavy atom. The fourth-order valence-electron chi connectivity index (χ4n) is 2.57. The summed E-state index contributed by atoms with van der Waals surface area (Å²) in [5, 5.41) is 10.4. The number of carbonyl (C=O) groups is 1. The lowest BCUT2D eigenvalue weighted by molar-refractivity contribution is -0.120. The SMILES string of the molecule is O=C(Nc1cccc(Cn2cncn2)c1)C1CCCNC1. The predicted octanol–water partition coefficient (Wildman–Crippen LogP) is 1.26. The lowest BCUT2D eigenvalue weighted by Crippen LogP contribution is -2.37. The second-order valence-corrected chi connectivity index (χ2v) is 5.33. The summed E-state index contributed by atoms with van der Waals surface area (Å²) in [4.78, 5) is 16.1. The van der Waals surface area contributed by atoms with Crippen LogP contribution in [0.4, 0.5) is 5.69 Å². The first-order valence-corrected chi connectivity index (χ1v) is 7.24. The molecule has 1 aliphatic rings. The summed E-state index contributed by atoms with van der Waals surface area (Å²) in [5.74, 6) is 0.165. The molecule has 1 aromatic carbocycles. The minimum absolute atomic E-state index is 0.0673. The molecule has 6 nitrogen and oxygen atoms in total. The standard InChI is InChI=1S/C15H19N5O/c21-15(13-4-2-6-16-8-13)19-14-5-1-3-12(7-14)9-20-11-17-10-18-20/h1,3,5,7,10-11,13,16H,2,4,6,8-9H2,(H,19,21). The zero-order valence-corrected chi connectivity index (χ0v) is 11.8. The Balaban J connectivity index is 1.63. The molecule has 110 valence electrons. The number of hydrogen-bond acceptors (Lipinski definition) is 4. The molecule has 1 unspecified atom stereocenters. The molecule has 0 bridgehead atoms. The average molecular weight is 285 g/mol. The second kappa shape index (κ2) is 6.49. The monoisotopic (exact) mass is 285 g/mol. The van der Waals surface area contributed by atoms with Gasteiger partial charge in [0.2, 0.25) is 5.91 Å². The van der Waals surface area contributed by atoms with Gasteiger partial charge in [-0.15, -0.1) is 0 Å². The van der Waals surface area contributed by atoms with Crippen LogP contribution in [0, 0.1) is 5.92 Å². The van der Waals surface area contributed by atoms with Crippen LogP contribution in [0.3, 0.4) is 0 Å². The van der Waals surface area contributed by atoms with Crippen molar-refractivity contribution in [1.29, 1.82) is 0 Å². The maximum absolute atomic E-state index is 12.2. The van der Waals surface area contributed by atoms with Crippen LogP contribution in [0.5, 0.6) is 0 Å². The molecule has 1 amide bonds. The highest BCUT2D eigenvalue weighted by Gasteiger charge is 2.20. The van der Waals surface area contributed by atoms with E-state index in [4.69, 9.17) is 0 Å². The number of nitrogens with zero attached hydrogens (tertiary/aromatic N) is 3. The summed E-state index contributed by atoms with van der Waals surface area (Å²) in [7, 11) is 0. The zero-order chi connectivity index (χ0) is 14.5. The van der Waals surface area contributed by atoms with Gasteiger partial charge in [-0.2, -0.15) is 5.10 Å². The van der Waals surface area contributed by atoms with E-state index in [-0.39, 0.29) is 11.8 Å². The Morgan fingerprint density at radius 3 is 3.19 bits per heavy atom. The number of anilines is 1. The van der Waals surface area contributed by atoms with E-state index in [0.717, 1.165) is 37.2 Å². The van der Waals surface area contributed by atoms with Gasteiger partial charge in [0, 0.05) is 12.2 Å². The van der Waals surface area contributed by atoms with Crippen molar-refractivity contribution >= 4 is 11.6 Å². The van der Waals surface area contributed by atoms with E-state index in [1.807, 2.05) is 24.3 Å².